The minimum Gasteiger partial charge on any atom is -0.493 e. The summed E-state index contributed by atoms with van der Waals surface area (Å²) in [6.45, 7) is 4.90. The molecule has 2 aromatic rings. The fourth-order valence-corrected chi connectivity index (χ4v) is 3.36. The van der Waals surface area contributed by atoms with Crippen molar-refractivity contribution in [2.75, 3.05) is 26.8 Å². The first-order valence-electron chi connectivity index (χ1n) is 11.0. The van der Waals surface area contributed by atoms with Crippen LogP contribution >= 0.6 is 0 Å². The number of carbonyl (C=O) groups excluding carboxylic acids is 2. The first kappa shape index (κ1) is 24.3. The second-order valence-corrected chi connectivity index (χ2v) is 7.33. The molecule has 2 rings (SSSR count). The van der Waals surface area contributed by atoms with Gasteiger partial charge in [-0.2, -0.15) is 0 Å². The molecule has 0 saturated carbocycles. The van der Waals surface area contributed by atoms with Crippen molar-refractivity contribution in [3.8, 4) is 11.5 Å². The number of nitrogens with zero attached hydrogens (tertiary/aromatic N) is 1. The van der Waals surface area contributed by atoms with Crippen LogP contribution in [0.3, 0.4) is 0 Å². The molecule has 0 spiro atoms. The summed E-state index contributed by atoms with van der Waals surface area (Å²) < 4.78 is 11.0. The van der Waals surface area contributed by atoms with Crippen LogP contribution in [-0.4, -0.2) is 49.6 Å². The molecular formula is C25H34N2O4. The van der Waals surface area contributed by atoms with E-state index in [2.05, 4.69) is 12.2 Å². The van der Waals surface area contributed by atoms with Crippen LogP contribution in [0.15, 0.2) is 54.6 Å². The molecule has 0 heterocycles. The van der Waals surface area contributed by atoms with Crippen LogP contribution in [0, 0.1) is 0 Å². The lowest BCUT2D eigenvalue weighted by Gasteiger charge is -2.30. The number of amides is 2. The molecular weight excluding hydrogens is 392 g/mol. The van der Waals surface area contributed by atoms with Gasteiger partial charge in [0.1, 0.15) is 6.04 Å². The molecule has 6 heteroatoms. The van der Waals surface area contributed by atoms with Crippen molar-refractivity contribution in [1.29, 1.82) is 0 Å². The number of rotatable bonds is 13. The average molecular weight is 427 g/mol. The van der Waals surface area contributed by atoms with Crippen LogP contribution in [0.4, 0.5) is 0 Å². The zero-order chi connectivity index (χ0) is 22.5. The molecule has 1 N–H and O–H groups in total. The highest BCUT2D eigenvalue weighted by Crippen LogP contribution is 2.25. The van der Waals surface area contributed by atoms with Gasteiger partial charge < -0.3 is 19.7 Å². The molecule has 2 amide bonds. The van der Waals surface area contributed by atoms with Gasteiger partial charge >= 0.3 is 0 Å². The Morgan fingerprint density at radius 2 is 1.68 bits per heavy atom. The zero-order valence-corrected chi connectivity index (χ0v) is 18.8. The van der Waals surface area contributed by atoms with Crippen molar-refractivity contribution in [3.63, 3.8) is 0 Å². The van der Waals surface area contributed by atoms with Crippen molar-refractivity contribution in [2.24, 2.45) is 0 Å². The summed E-state index contributed by atoms with van der Waals surface area (Å²) in [5.74, 6) is 0.728. The summed E-state index contributed by atoms with van der Waals surface area (Å²) in [6.07, 6.45) is 3.12. The second kappa shape index (κ2) is 13.3. The number of ether oxygens (including phenoxy) is 2. The third-order valence-electron chi connectivity index (χ3n) is 5.12. The van der Waals surface area contributed by atoms with E-state index in [0.29, 0.717) is 37.4 Å². The van der Waals surface area contributed by atoms with E-state index < -0.39 is 6.04 Å². The van der Waals surface area contributed by atoms with Crippen LogP contribution in [0.25, 0.3) is 0 Å². The molecule has 2 aromatic carbocycles. The smallest absolute Gasteiger partial charge is 0.261 e. The Kier molecular flexibility index (Phi) is 10.4. The first-order chi connectivity index (χ1) is 15.1. The van der Waals surface area contributed by atoms with Gasteiger partial charge in [0.05, 0.1) is 7.11 Å². The van der Waals surface area contributed by atoms with E-state index in [-0.39, 0.29) is 18.4 Å². The predicted octanol–water partition coefficient (Wildman–Crippen LogP) is 3.84. The number of para-hydroxylation sites is 2. The summed E-state index contributed by atoms with van der Waals surface area (Å²) in [4.78, 5) is 27.6. The standard InChI is InChI=1S/C25H34N2O4/c1-4-6-17-26-25(29)21(5-2)27(18-16-20-12-8-7-9-13-20)24(28)19-31-23-15-11-10-14-22(23)30-3/h7-15,21H,4-6,16-19H2,1-3H3,(H,26,29)/t21-/m0/s1. The zero-order valence-electron chi connectivity index (χ0n) is 18.8. The topological polar surface area (TPSA) is 67.9 Å². The van der Waals surface area contributed by atoms with Crippen LogP contribution in [0.2, 0.25) is 0 Å². The van der Waals surface area contributed by atoms with Gasteiger partial charge in [0.25, 0.3) is 5.91 Å². The van der Waals surface area contributed by atoms with E-state index in [0.717, 1.165) is 18.4 Å². The quantitative estimate of drug-likeness (QED) is 0.494. The number of hydrogen-bond acceptors (Lipinski definition) is 4. The second-order valence-electron chi connectivity index (χ2n) is 7.33. The van der Waals surface area contributed by atoms with Gasteiger partial charge in [-0.25, -0.2) is 0 Å². The van der Waals surface area contributed by atoms with Crippen molar-refractivity contribution < 1.29 is 19.1 Å². The van der Waals surface area contributed by atoms with E-state index in [4.69, 9.17) is 9.47 Å². The summed E-state index contributed by atoms with van der Waals surface area (Å²) >= 11 is 0. The van der Waals surface area contributed by atoms with Crippen LogP contribution in [-0.2, 0) is 16.0 Å². The summed E-state index contributed by atoms with van der Waals surface area (Å²) in [5, 5.41) is 2.97. The van der Waals surface area contributed by atoms with Gasteiger partial charge in [-0.1, -0.05) is 62.7 Å². The normalized spacial score (nSPS) is 11.5. The Balaban J connectivity index is 2.12. The van der Waals surface area contributed by atoms with Gasteiger partial charge in [-0.05, 0) is 37.0 Å². The van der Waals surface area contributed by atoms with Crippen molar-refractivity contribution in [1.82, 2.24) is 10.2 Å². The fraction of sp³-hybridized carbons (Fsp3) is 0.440. The molecule has 1 atom stereocenters. The van der Waals surface area contributed by atoms with Crippen LogP contribution < -0.4 is 14.8 Å². The molecule has 0 aliphatic rings. The number of hydrogen-bond donors (Lipinski definition) is 1. The Morgan fingerprint density at radius 3 is 2.32 bits per heavy atom. The lowest BCUT2D eigenvalue weighted by Crippen LogP contribution is -2.51. The molecule has 0 radical (unpaired) electrons. The van der Waals surface area contributed by atoms with Crippen LogP contribution in [0.5, 0.6) is 11.5 Å². The number of unbranched alkanes of at least 4 members (excludes halogenated alkanes) is 1. The van der Waals surface area contributed by atoms with Gasteiger partial charge in [0, 0.05) is 13.1 Å². The molecule has 0 aliphatic heterocycles. The minimum atomic E-state index is -0.533. The average Bonchev–Trinajstić information content (AvgIpc) is 2.81. The molecule has 0 unspecified atom stereocenters. The first-order valence-corrected chi connectivity index (χ1v) is 11.0. The number of benzene rings is 2. The third kappa shape index (κ3) is 7.63. The molecule has 31 heavy (non-hydrogen) atoms. The van der Waals surface area contributed by atoms with Crippen molar-refractivity contribution >= 4 is 11.8 Å². The number of nitrogens with one attached hydrogen (secondary N) is 1. The third-order valence-corrected chi connectivity index (χ3v) is 5.12. The van der Waals surface area contributed by atoms with E-state index in [1.165, 1.54) is 0 Å². The Labute approximate surface area is 185 Å². The molecule has 0 bridgehead atoms. The van der Waals surface area contributed by atoms with E-state index >= 15 is 0 Å². The summed E-state index contributed by atoms with van der Waals surface area (Å²) in [5.41, 5.74) is 1.12. The Morgan fingerprint density at radius 1 is 1.00 bits per heavy atom. The Bertz CT molecular complexity index is 810. The molecule has 0 saturated heterocycles. The van der Waals surface area contributed by atoms with Crippen LogP contribution in [0.1, 0.15) is 38.7 Å². The van der Waals surface area contributed by atoms with E-state index in [1.807, 2.05) is 49.4 Å². The fourth-order valence-electron chi connectivity index (χ4n) is 3.36. The maximum atomic E-state index is 13.2. The van der Waals surface area contributed by atoms with Gasteiger partial charge in [0.15, 0.2) is 18.1 Å². The molecule has 6 nitrogen and oxygen atoms in total. The maximum absolute atomic E-state index is 13.2. The largest absolute Gasteiger partial charge is 0.493 e. The van der Waals surface area contributed by atoms with Gasteiger partial charge in [-0.15, -0.1) is 0 Å². The minimum absolute atomic E-state index is 0.116. The van der Waals surface area contributed by atoms with E-state index in [1.54, 1.807) is 24.1 Å². The van der Waals surface area contributed by atoms with Crippen molar-refractivity contribution in [3.05, 3.63) is 60.2 Å². The highest BCUT2D eigenvalue weighted by molar-refractivity contribution is 5.88. The summed E-state index contributed by atoms with van der Waals surface area (Å²) in [6, 6.07) is 16.6. The van der Waals surface area contributed by atoms with Gasteiger partial charge in [0.2, 0.25) is 5.91 Å². The molecule has 0 aromatic heterocycles. The lowest BCUT2D eigenvalue weighted by molar-refractivity contribution is -0.142. The van der Waals surface area contributed by atoms with E-state index in [9.17, 15) is 9.59 Å². The van der Waals surface area contributed by atoms with Crippen molar-refractivity contribution in [2.45, 2.75) is 45.6 Å². The number of methoxy groups -OCH3 is 1. The number of carbonyl (C=O) groups is 2. The molecule has 0 fully saturated rings. The van der Waals surface area contributed by atoms with Gasteiger partial charge in [-0.3, -0.25) is 9.59 Å². The molecule has 0 aliphatic carbocycles. The monoisotopic (exact) mass is 426 g/mol. The Hall–Kier alpha value is -3.02. The predicted molar refractivity (Wildman–Crippen MR) is 122 cm³/mol. The lowest BCUT2D eigenvalue weighted by atomic mass is 10.1. The SMILES string of the molecule is CCCCNC(=O)[C@H](CC)N(CCc1ccccc1)C(=O)COc1ccccc1OC. The molecule has 168 valence electrons. The highest BCUT2D eigenvalue weighted by Gasteiger charge is 2.28. The maximum Gasteiger partial charge on any atom is 0.261 e. The highest BCUT2D eigenvalue weighted by atomic mass is 16.5. The summed E-state index contributed by atoms with van der Waals surface area (Å²) in [7, 11) is 1.56.